The molecule has 0 heterocycles. The minimum absolute atomic E-state index is 0.0249. The van der Waals surface area contributed by atoms with Crippen molar-refractivity contribution in [3.05, 3.63) is 35.4 Å². The lowest BCUT2D eigenvalue weighted by molar-refractivity contribution is -0.140. The zero-order chi connectivity index (χ0) is 15.2. The number of carboxylic acid groups (broad SMARTS) is 1. The average Bonchev–Trinajstić information content (AvgIpc) is 2.46. The van der Waals surface area contributed by atoms with Crippen LogP contribution in [0.1, 0.15) is 17.5 Å². The van der Waals surface area contributed by atoms with Gasteiger partial charge in [-0.25, -0.2) is 9.59 Å². The van der Waals surface area contributed by atoms with Gasteiger partial charge in [0, 0.05) is 13.2 Å². The molecule has 0 aromatic heterocycles. The monoisotopic (exact) mass is 292 g/mol. The Hall–Kier alpha value is -2.08. The van der Waals surface area contributed by atoms with Crippen molar-refractivity contribution in [1.82, 2.24) is 10.6 Å². The number of carbonyl (C=O) groups is 2. The van der Waals surface area contributed by atoms with Crippen molar-refractivity contribution in [2.24, 2.45) is 0 Å². The second-order valence-electron chi connectivity index (χ2n) is 5.17. The van der Waals surface area contributed by atoms with E-state index in [1.165, 1.54) is 18.2 Å². The summed E-state index contributed by atoms with van der Waals surface area (Å²) in [6.07, 6.45) is 2.54. The van der Waals surface area contributed by atoms with Gasteiger partial charge < -0.3 is 20.5 Å². The Morgan fingerprint density at radius 3 is 2.76 bits per heavy atom. The number of carboxylic acids is 1. The molecule has 0 saturated heterocycles. The Balaban J connectivity index is 1.88. The molecule has 1 aliphatic carbocycles. The number of nitrogens with one attached hydrogen (secondary N) is 2. The van der Waals surface area contributed by atoms with Crippen LogP contribution in [0.25, 0.3) is 0 Å². The molecule has 0 radical (unpaired) electrons. The summed E-state index contributed by atoms with van der Waals surface area (Å²) in [5.41, 5.74) is 2.56. The van der Waals surface area contributed by atoms with Gasteiger partial charge in [-0.15, -0.1) is 0 Å². The summed E-state index contributed by atoms with van der Waals surface area (Å²) < 4.78 is 4.78. The number of rotatable bonds is 5. The molecule has 3 N–H and O–H groups in total. The summed E-state index contributed by atoms with van der Waals surface area (Å²) in [7, 11) is 1.40. The molecule has 6 heteroatoms. The maximum absolute atomic E-state index is 11.9. The van der Waals surface area contributed by atoms with Gasteiger partial charge in [-0.2, -0.15) is 0 Å². The topological polar surface area (TPSA) is 87.7 Å². The fourth-order valence-corrected chi connectivity index (χ4v) is 2.55. The summed E-state index contributed by atoms with van der Waals surface area (Å²) in [6, 6.07) is 6.69. The Morgan fingerprint density at radius 1 is 1.38 bits per heavy atom. The molecule has 2 unspecified atom stereocenters. The zero-order valence-electron chi connectivity index (χ0n) is 12.0. The molecule has 2 atom stereocenters. The van der Waals surface area contributed by atoms with Crippen LogP contribution in [0.3, 0.4) is 0 Å². The zero-order valence-corrected chi connectivity index (χ0v) is 12.0. The lowest BCUT2D eigenvalue weighted by Crippen LogP contribution is -2.51. The Morgan fingerprint density at radius 2 is 2.10 bits per heavy atom. The molecule has 0 saturated carbocycles. The van der Waals surface area contributed by atoms with Crippen molar-refractivity contribution in [2.75, 3.05) is 13.7 Å². The average molecular weight is 292 g/mol. The van der Waals surface area contributed by atoms with Gasteiger partial charge in [0.2, 0.25) is 0 Å². The number of hydrogen-bond acceptors (Lipinski definition) is 3. The highest BCUT2D eigenvalue weighted by Gasteiger charge is 2.23. The quantitative estimate of drug-likeness (QED) is 0.754. The van der Waals surface area contributed by atoms with Crippen LogP contribution in [-0.4, -0.2) is 42.9 Å². The van der Waals surface area contributed by atoms with E-state index in [0.717, 1.165) is 19.3 Å². The van der Waals surface area contributed by atoms with Crippen molar-refractivity contribution >= 4 is 12.0 Å². The second kappa shape index (κ2) is 7.08. The lowest BCUT2D eigenvalue weighted by atomic mass is 9.88. The fourth-order valence-electron chi connectivity index (χ4n) is 2.55. The third kappa shape index (κ3) is 4.19. The standard InChI is InChI=1S/C15H20N2O4/c1-21-9-13(14(18)19)17-15(20)16-12-7-6-10-4-2-3-5-11(10)8-12/h2-5,12-13H,6-9H2,1H3,(H,18,19)(H2,16,17,20). The normalized spacial score (nSPS) is 18.4. The van der Waals surface area contributed by atoms with E-state index in [1.54, 1.807) is 0 Å². The number of carbonyl (C=O) groups excluding carboxylic acids is 1. The lowest BCUT2D eigenvalue weighted by Gasteiger charge is -2.26. The Kier molecular flexibility index (Phi) is 5.16. The van der Waals surface area contributed by atoms with Gasteiger partial charge in [-0.05, 0) is 30.4 Å². The fraction of sp³-hybridized carbons (Fsp3) is 0.467. The first-order chi connectivity index (χ1) is 10.1. The highest BCUT2D eigenvalue weighted by Crippen LogP contribution is 2.20. The van der Waals surface area contributed by atoms with Crippen molar-refractivity contribution in [3.63, 3.8) is 0 Å². The summed E-state index contributed by atoms with van der Waals surface area (Å²) in [6.45, 7) is -0.0593. The van der Waals surface area contributed by atoms with Gasteiger partial charge in [-0.3, -0.25) is 0 Å². The SMILES string of the molecule is COCC(NC(=O)NC1CCc2ccccc2C1)C(=O)O. The van der Waals surface area contributed by atoms with Crippen LogP contribution in [0.15, 0.2) is 24.3 Å². The van der Waals surface area contributed by atoms with E-state index in [9.17, 15) is 9.59 Å². The molecule has 1 aliphatic rings. The van der Waals surface area contributed by atoms with E-state index in [4.69, 9.17) is 9.84 Å². The number of fused-ring (bicyclic) bond motifs is 1. The maximum atomic E-state index is 11.9. The van der Waals surface area contributed by atoms with E-state index in [-0.39, 0.29) is 12.6 Å². The highest BCUT2D eigenvalue weighted by atomic mass is 16.5. The van der Waals surface area contributed by atoms with Crippen LogP contribution in [-0.2, 0) is 22.4 Å². The molecule has 0 spiro atoms. The molecule has 0 bridgehead atoms. The molecule has 0 aliphatic heterocycles. The van der Waals surface area contributed by atoms with E-state index in [0.29, 0.717) is 0 Å². The maximum Gasteiger partial charge on any atom is 0.328 e. The van der Waals surface area contributed by atoms with Crippen LogP contribution in [0.5, 0.6) is 0 Å². The van der Waals surface area contributed by atoms with Crippen molar-refractivity contribution < 1.29 is 19.4 Å². The smallest absolute Gasteiger partial charge is 0.328 e. The minimum atomic E-state index is -1.11. The van der Waals surface area contributed by atoms with Gasteiger partial charge >= 0.3 is 12.0 Å². The number of benzene rings is 1. The first-order valence-corrected chi connectivity index (χ1v) is 6.95. The number of amides is 2. The molecule has 114 valence electrons. The molecule has 6 nitrogen and oxygen atoms in total. The summed E-state index contributed by atoms with van der Waals surface area (Å²) in [4.78, 5) is 22.8. The number of methoxy groups -OCH3 is 1. The number of ether oxygens (including phenoxy) is 1. The van der Waals surface area contributed by atoms with E-state index in [1.807, 2.05) is 12.1 Å². The number of aliphatic carboxylic acids is 1. The Labute approximate surface area is 123 Å². The first-order valence-electron chi connectivity index (χ1n) is 6.95. The van der Waals surface area contributed by atoms with Gasteiger partial charge in [0.1, 0.15) is 0 Å². The van der Waals surface area contributed by atoms with Crippen molar-refractivity contribution in [3.8, 4) is 0 Å². The van der Waals surface area contributed by atoms with Crippen molar-refractivity contribution in [2.45, 2.75) is 31.3 Å². The van der Waals surface area contributed by atoms with E-state index < -0.39 is 18.0 Å². The predicted molar refractivity (Wildman–Crippen MR) is 77.2 cm³/mol. The highest BCUT2D eigenvalue weighted by molar-refractivity contribution is 5.82. The van der Waals surface area contributed by atoms with Gasteiger partial charge in [-0.1, -0.05) is 24.3 Å². The molecule has 0 fully saturated rings. The van der Waals surface area contributed by atoms with Gasteiger partial charge in [0.05, 0.1) is 6.61 Å². The third-order valence-electron chi connectivity index (χ3n) is 3.62. The van der Waals surface area contributed by atoms with Crippen LogP contribution in [0.4, 0.5) is 4.79 Å². The van der Waals surface area contributed by atoms with E-state index in [2.05, 4.69) is 22.8 Å². The van der Waals surface area contributed by atoms with Crippen LogP contribution in [0.2, 0.25) is 0 Å². The number of urea groups is 1. The first kappa shape index (κ1) is 15.3. The second-order valence-corrected chi connectivity index (χ2v) is 5.17. The molecular formula is C15H20N2O4. The number of aryl methyl sites for hydroxylation is 1. The predicted octanol–water partition coefficient (Wildman–Crippen LogP) is 0.943. The minimum Gasteiger partial charge on any atom is -0.480 e. The molecule has 1 aromatic carbocycles. The molecule has 2 rings (SSSR count). The van der Waals surface area contributed by atoms with Crippen LogP contribution in [0, 0.1) is 0 Å². The van der Waals surface area contributed by atoms with Gasteiger partial charge in [0.15, 0.2) is 6.04 Å². The van der Waals surface area contributed by atoms with Crippen LogP contribution >= 0.6 is 0 Å². The largest absolute Gasteiger partial charge is 0.480 e. The molecule has 21 heavy (non-hydrogen) atoms. The third-order valence-corrected chi connectivity index (χ3v) is 3.62. The van der Waals surface area contributed by atoms with Crippen molar-refractivity contribution in [1.29, 1.82) is 0 Å². The number of hydrogen-bond donors (Lipinski definition) is 3. The van der Waals surface area contributed by atoms with Crippen LogP contribution < -0.4 is 10.6 Å². The summed E-state index contributed by atoms with van der Waals surface area (Å²) in [5, 5.41) is 14.2. The van der Waals surface area contributed by atoms with E-state index >= 15 is 0 Å². The van der Waals surface area contributed by atoms with Gasteiger partial charge in [0.25, 0.3) is 0 Å². The molecular weight excluding hydrogens is 272 g/mol. The molecule has 2 amide bonds. The summed E-state index contributed by atoms with van der Waals surface area (Å²) >= 11 is 0. The Bertz CT molecular complexity index is 518. The molecule has 1 aromatic rings. The summed E-state index contributed by atoms with van der Waals surface area (Å²) in [5.74, 6) is -1.11.